The molecule has 0 unspecified atom stereocenters. The summed E-state index contributed by atoms with van der Waals surface area (Å²) in [5.74, 6) is -0.527. The van der Waals surface area contributed by atoms with Crippen molar-refractivity contribution < 1.29 is 22.7 Å². The second kappa shape index (κ2) is 16.4. The van der Waals surface area contributed by atoms with Gasteiger partial charge in [-0.05, 0) is 85.1 Å². The van der Waals surface area contributed by atoms with Gasteiger partial charge in [-0.2, -0.15) is 0 Å². The fourth-order valence-electron chi connectivity index (χ4n) is 4.84. The Morgan fingerprint density at radius 1 is 0.872 bits per heavy atom. The fraction of sp³-hybridized carbons (Fsp3) is 0.257. The number of ether oxygens (including phenoxy) is 1. The highest BCUT2D eigenvalue weighted by Gasteiger charge is 2.35. The van der Waals surface area contributed by atoms with Gasteiger partial charge in [0.05, 0.1) is 17.7 Å². The van der Waals surface area contributed by atoms with Gasteiger partial charge in [0, 0.05) is 34.1 Å². The van der Waals surface area contributed by atoms with E-state index < -0.39 is 28.5 Å². The van der Waals surface area contributed by atoms with Crippen LogP contribution in [0, 0.1) is 0 Å². The first kappa shape index (κ1) is 36.1. The van der Waals surface area contributed by atoms with Crippen LogP contribution >= 0.6 is 34.8 Å². The molecule has 12 heteroatoms. The Kier molecular flexibility index (Phi) is 12.6. The van der Waals surface area contributed by atoms with Crippen molar-refractivity contribution in [3.8, 4) is 5.75 Å². The molecular weight excluding hydrogens is 681 g/mol. The first-order chi connectivity index (χ1) is 22.4. The third kappa shape index (κ3) is 9.41. The van der Waals surface area contributed by atoms with Crippen LogP contribution < -0.4 is 14.4 Å². The van der Waals surface area contributed by atoms with Crippen LogP contribution in [0.3, 0.4) is 0 Å². The minimum atomic E-state index is -4.29. The largest absolute Gasteiger partial charge is 0.497 e. The van der Waals surface area contributed by atoms with Crippen LogP contribution in [0.15, 0.2) is 102 Å². The molecule has 0 saturated heterocycles. The molecule has 0 aromatic heterocycles. The van der Waals surface area contributed by atoms with Crippen LogP contribution in [0.2, 0.25) is 15.1 Å². The number of amides is 2. The quantitative estimate of drug-likeness (QED) is 0.147. The molecule has 47 heavy (non-hydrogen) atoms. The third-order valence-electron chi connectivity index (χ3n) is 7.67. The zero-order valence-corrected chi connectivity index (χ0v) is 29.3. The molecule has 0 heterocycles. The summed E-state index contributed by atoms with van der Waals surface area (Å²) in [5, 5.41) is 4.11. The number of hydrogen-bond acceptors (Lipinski definition) is 5. The van der Waals surface area contributed by atoms with Gasteiger partial charge in [0.2, 0.25) is 11.8 Å². The van der Waals surface area contributed by atoms with Crippen molar-refractivity contribution >= 4 is 62.3 Å². The Morgan fingerprint density at radius 2 is 1.51 bits per heavy atom. The van der Waals surface area contributed by atoms with Gasteiger partial charge >= 0.3 is 0 Å². The molecule has 0 radical (unpaired) electrons. The van der Waals surface area contributed by atoms with Crippen LogP contribution in [-0.4, -0.2) is 50.9 Å². The van der Waals surface area contributed by atoms with E-state index in [9.17, 15) is 18.0 Å². The molecule has 0 aliphatic heterocycles. The number of nitrogens with zero attached hydrogens (tertiary/aromatic N) is 2. The number of nitrogens with one attached hydrogen (secondary N) is 1. The summed E-state index contributed by atoms with van der Waals surface area (Å²) in [6.45, 7) is 3.12. The molecule has 8 nitrogen and oxygen atoms in total. The number of benzene rings is 4. The summed E-state index contributed by atoms with van der Waals surface area (Å²) in [6, 6.07) is 25.0. The van der Waals surface area contributed by atoms with Gasteiger partial charge in [0.25, 0.3) is 10.0 Å². The van der Waals surface area contributed by atoms with Gasteiger partial charge in [-0.3, -0.25) is 13.9 Å². The van der Waals surface area contributed by atoms with Crippen molar-refractivity contribution in [3.63, 3.8) is 0 Å². The number of sulfonamides is 1. The molecule has 2 atom stereocenters. The minimum absolute atomic E-state index is 0.0521. The summed E-state index contributed by atoms with van der Waals surface area (Å²) in [4.78, 5) is 29.8. The van der Waals surface area contributed by atoms with E-state index in [-0.39, 0.29) is 35.5 Å². The zero-order chi connectivity index (χ0) is 34.1. The summed E-state index contributed by atoms with van der Waals surface area (Å²) in [6.07, 6.45) is 0.845. The van der Waals surface area contributed by atoms with Crippen molar-refractivity contribution in [1.82, 2.24) is 10.2 Å². The van der Waals surface area contributed by atoms with Gasteiger partial charge in [-0.15, -0.1) is 0 Å². The lowest BCUT2D eigenvalue weighted by atomic mass is 10.0. The second-order valence-corrected chi connectivity index (χ2v) is 14.1. The van der Waals surface area contributed by atoms with E-state index >= 15 is 0 Å². The predicted molar refractivity (Wildman–Crippen MR) is 188 cm³/mol. The molecule has 248 valence electrons. The minimum Gasteiger partial charge on any atom is -0.497 e. The topological polar surface area (TPSA) is 96.0 Å². The highest BCUT2D eigenvalue weighted by Crippen LogP contribution is 2.29. The van der Waals surface area contributed by atoms with Crippen molar-refractivity contribution in [2.75, 3.05) is 18.0 Å². The molecule has 0 fully saturated rings. The van der Waals surface area contributed by atoms with Crippen molar-refractivity contribution in [1.29, 1.82) is 0 Å². The maximum Gasteiger partial charge on any atom is 0.264 e. The average molecular weight is 717 g/mol. The maximum absolute atomic E-state index is 14.6. The SMILES string of the molecule is CC[C@H](C)NC(=O)[C@H](Cc1ccccc1)N(Cc1ccc(Cl)cc1Cl)C(=O)CN(c1ccc(Cl)cc1)S(=O)(=O)c1ccc(OC)cc1. The van der Waals surface area contributed by atoms with E-state index in [1.54, 1.807) is 30.3 Å². The second-order valence-electron chi connectivity index (χ2n) is 10.9. The van der Waals surface area contributed by atoms with E-state index in [4.69, 9.17) is 39.5 Å². The summed E-state index contributed by atoms with van der Waals surface area (Å²) < 4.78 is 34.6. The number of hydrogen-bond donors (Lipinski definition) is 1. The normalized spacial score (nSPS) is 12.6. The molecule has 0 bridgehead atoms. The van der Waals surface area contributed by atoms with Crippen LogP contribution in [0.5, 0.6) is 5.75 Å². The van der Waals surface area contributed by atoms with E-state index in [0.29, 0.717) is 32.8 Å². The van der Waals surface area contributed by atoms with Gasteiger partial charge < -0.3 is 15.0 Å². The number of carbonyl (C=O) groups excluding carboxylic acids is 2. The lowest BCUT2D eigenvalue weighted by molar-refractivity contribution is -0.140. The number of rotatable bonds is 14. The Morgan fingerprint density at radius 3 is 2.11 bits per heavy atom. The summed E-state index contributed by atoms with van der Waals surface area (Å²) in [5.41, 5.74) is 1.57. The Balaban J connectivity index is 1.82. The summed E-state index contributed by atoms with van der Waals surface area (Å²) >= 11 is 18.9. The standard InChI is InChI=1S/C35H36Cl3N3O5S/c1-4-24(2)39-35(43)33(20-25-8-6-5-7-9-25)40(22-26-10-11-28(37)21-32(26)38)34(42)23-41(29-14-12-27(36)13-15-29)47(44,45)31-18-16-30(46-3)17-19-31/h5-19,21,24,33H,4,20,22-23H2,1-3H3,(H,39,43)/t24-,33-/m0/s1. The molecule has 1 N–H and O–H groups in total. The molecule has 4 rings (SSSR count). The van der Waals surface area contributed by atoms with Gasteiger partial charge in [0.15, 0.2) is 0 Å². The van der Waals surface area contributed by atoms with Crippen LogP contribution in [0.25, 0.3) is 0 Å². The Hall–Kier alpha value is -3.76. The van der Waals surface area contributed by atoms with Crippen molar-refractivity contribution in [2.24, 2.45) is 0 Å². The van der Waals surface area contributed by atoms with Gasteiger partial charge in [0.1, 0.15) is 18.3 Å². The van der Waals surface area contributed by atoms with E-state index in [1.807, 2.05) is 44.2 Å². The molecule has 0 saturated carbocycles. The fourth-order valence-corrected chi connectivity index (χ4v) is 6.85. The highest BCUT2D eigenvalue weighted by molar-refractivity contribution is 7.92. The maximum atomic E-state index is 14.6. The highest BCUT2D eigenvalue weighted by atomic mass is 35.5. The van der Waals surface area contributed by atoms with Crippen LogP contribution in [0.1, 0.15) is 31.4 Å². The third-order valence-corrected chi connectivity index (χ3v) is 10.3. The first-order valence-electron chi connectivity index (χ1n) is 14.9. The number of carbonyl (C=O) groups is 2. The van der Waals surface area contributed by atoms with Crippen LogP contribution in [-0.2, 0) is 32.6 Å². The van der Waals surface area contributed by atoms with Gasteiger partial charge in [-0.1, -0.05) is 78.1 Å². The smallest absolute Gasteiger partial charge is 0.264 e. The zero-order valence-electron chi connectivity index (χ0n) is 26.2. The molecule has 0 aliphatic carbocycles. The van der Waals surface area contributed by atoms with E-state index in [1.165, 1.54) is 48.4 Å². The molecule has 2 amide bonds. The van der Waals surface area contributed by atoms with Crippen LogP contribution in [0.4, 0.5) is 5.69 Å². The Bertz CT molecular complexity index is 1770. The number of anilines is 1. The predicted octanol–water partition coefficient (Wildman–Crippen LogP) is 7.41. The van der Waals surface area contributed by atoms with Gasteiger partial charge in [-0.25, -0.2) is 8.42 Å². The van der Waals surface area contributed by atoms with E-state index in [0.717, 1.165) is 9.87 Å². The number of methoxy groups -OCH3 is 1. The molecule has 0 aliphatic rings. The van der Waals surface area contributed by atoms with Crippen molar-refractivity contribution in [2.45, 2.75) is 50.2 Å². The summed E-state index contributed by atoms with van der Waals surface area (Å²) in [7, 11) is -2.81. The lowest BCUT2D eigenvalue weighted by Gasteiger charge is -2.34. The molecular formula is C35H36Cl3N3O5S. The van der Waals surface area contributed by atoms with Crippen molar-refractivity contribution in [3.05, 3.63) is 123 Å². The average Bonchev–Trinajstić information content (AvgIpc) is 3.06. The monoisotopic (exact) mass is 715 g/mol. The molecule has 0 spiro atoms. The molecule has 4 aromatic rings. The van der Waals surface area contributed by atoms with E-state index in [2.05, 4.69) is 5.32 Å². The first-order valence-corrected chi connectivity index (χ1v) is 17.5. The lowest BCUT2D eigenvalue weighted by Crippen LogP contribution is -2.54. The number of halogens is 3. The molecule has 4 aromatic carbocycles. The Labute approximate surface area is 291 Å².